The van der Waals surface area contributed by atoms with Gasteiger partial charge in [-0.25, -0.2) is 0 Å². The van der Waals surface area contributed by atoms with Gasteiger partial charge in [0.2, 0.25) is 0 Å². The summed E-state index contributed by atoms with van der Waals surface area (Å²) < 4.78 is 0. The van der Waals surface area contributed by atoms with E-state index in [1.54, 1.807) is 0 Å². The second-order valence-corrected chi connectivity index (χ2v) is 7.47. The third-order valence-electron chi connectivity index (χ3n) is 5.17. The normalized spacial score (nSPS) is 32.1. The Morgan fingerprint density at radius 3 is 2.45 bits per heavy atom. The highest BCUT2D eigenvalue weighted by atomic mass is 16.4. The van der Waals surface area contributed by atoms with Crippen LogP contribution in [-0.4, -0.2) is 59.6 Å². The van der Waals surface area contributed by atoms with Crippen molar-refractivity contribution in [3.8, 4) is 0 Å². The lowest BCUT2D eigenvalue weighted by Gasteiger charge is -2.47. The van der Waals surface area contributed by atoms with Crippen LogP contribution < -0.4 is 0 Å². The Hall–Kier alpha value is -0.610. The Balaban J connectivity index is 1.78. The summed E-state index contributed by atoms with van der Waals surface area (Å²) in [6.07, 6.45) is 4.26. The van der Waals surface area contributed by atoms with Crippen molar-refractivity contribution in [1.29, 1.82) is 0 Å². The zero-order valence-electron chi connectivity index (χ0n) is 13.3. The van der Waals surface area contributed by atoms with E-state index in [1.165, 1.54) is 19.3 Å². The number of piperazine rings is 1. The molecule has 0 aromatic heterocycles. The summed E-state index contributed by atoms with van der Waals surface area (Å²) in [4.78, 5) is 15.6. The Kier molecular flexibility index (Phi) is 5.08. The zero-order valence-corrected chi connectivity index (χ0v) is 13.3. The predicted molar refractivity (Wildman–Crippen MR) is 80.8 cm³/mol. The first-order valence-corrected chi connectivity index (χ1v) is 8.05. The summed E-state index contributed by atoms with van der Waals surface area (Å²) in [5.41, 5.74) is 0.513. The van der Waals surface area contributed by atoms with Crippen LogP contribution in [0.2, 0.25) is 0 Å². The highest BCUT2D eigenvalue weighted by Gasteiger charge is 2.36. The molecule has 1 saturated heterocycles. The molecule has 1 aliphatic heterocycles. The molecule has 0 bridgehead atoms. The molecule has 2 atom stereocenters. The third kappa shape index (κ3) is 4.19. The lowest BCUT2D eigenvalue weighted by molar-refractivity contribution is -0.137. The van der Waals surface area contributed by atoms with Crippen molar-refractivity contribution in [2.24, 2.45) is 11.3 Å². The first-order valence-electron chi connectivity index (χ1n) is 8.05. The quantitative estimate of drug-likeness (QED) is 0.859. The van der Waals surface area contributed by atoms with Gasteiger partial charge in [-0.1, -0.05) is 20.8 Å². The lowest BCUT2D eigenvalue weighted by atomic mass is 9.70. The van der Waals surface area contributed by atoms with Gasteiger partial charge in [0.05, 0.1) is 6.42 Å². The number of nitrogens with zero attached hydrogens (tertiary/aromatic N) is 2. The molecule has 4 heteroatoms. The molecule has 0 aromatic rings. The van der Waals surface area contributed by atoms with Gasteiger partial charge in [-0.15, -0.1) is 0 Å². The van der Waals surface area contributed by atoms with E-state index in [0.717, 1.165) is 38.1 Å². The monoisotopic (exact) mass is 282 g/mol. The number of carboxylic acids is 1. The molecule has 116 valence electrons. The average Bonchev–Trinajstić information content (AvgIpc) is 2.36. The fourth-order valence-corrected chi connectivity index (χ4v) is 4.05. The Labute approximate surface area is 123 Å². The number of hydrogen-bond acceptors (Lipinski definition) is 3. The van der Waals surface area contributed by atoms with Crippen molar-refractivity contribution in [1.82, 2.24) is 9.80 Å². The molecule has 1 aliphatic carbocycles. The summed E-state index contributed by atoms with van der Waals surface area (Å²) in [5.74, 6) is 0.0971. The second-order valence-electron chi connectivity index (χ2n) is 7.47. The molecule has 20 heavy (non-hydrogen) atoms. The van der Waals surface area contributed by atoms with Gasteiger partial charge in [0, 0.05) is 38.8 Å². The topological polar surface area (TPSA) is 43.8 Å². The molecule has 0 amide bonds. The summed E-state index contributed by atoms with van der Waals surface area (Å²) >= 11 is 0. The van der Waals surface area contributed by atoms with Crippen LogP contribution in [0.15, 0.2) is 0 Å². The lowest BCUT2D eigenvalue weighted by Crippen LogP contribution is -2.53. The number of hydrogen-bond donors (Lipinski definition) is 1. The standard InChI is InChI=1S/C16H30N2O2/c1-13-12-16(2,3)6-4-14(13)18-10-8-17(9-11-18)7-5-15(19)20/h13-14H,4-12H2,1-3H3,(H,19,20). The van der Waals surface area contributed by atoms with Gasteiger partial charge in [0.25, 0.3) is 0 Å². The van der Waals surface area contributed by atoms with E-state index in [2.05, 4.69) is 30.6 Å². The maximum absolute atomic E-state index is 10.6. The van der Waals surface area contributed by atoms with Crippen LogP contribution in [0, 0.1) is 11.3 Å². The molecule has 1 heterocycles. The minimum atomic E-state index is -0.685. The maximum atomic E-state index is 10.6. The highest BCUT2D eigenvalue weighted by Crippen LogP contribution is 2.40. The Morgan fingerprint density at radius 1 is 1.25 bits per heavy atom. The molecule has 2 unspecified atom stereocenters. The maximum Gasteiger partial charge on any atom is 0.304 e. The van der Waals surface area contributed by atoms with Crippen molar-refractivity contribution >= 4 is 5.97 Å². The van der Waals surface area contributed by atoms with Crippen LogP contribution in [-0.2, 0) is 4.79 Å². The van der Waals surface area contributed by atoms with Crippen LogP contribution in [0.3, 0.4) is 0 Å². The fraction of sp³-hybridized carbons (Fsp3) is 0.938. The van der Waals surface area contributed by atoms with Gasteiger partial charge in [-0.3, -0.25) is 9.69 Å². The predicted octanol–water partition coefficient (Wildman–Crippen LogP) is 2.29. The molecular formula is C16H30N2O2. The van der Waals surface area contributed by atoms with Gasteiger partial charge in [-0.05, 0) is 30.6 Å². The van der Waals surface area contributed by atoms with E-state index in [9.17, 15) is 4.79 Å². The van der Waals surface area contributed by atoms with Crippen molar-refractivity contribution in [2.45, 2.75) is 52.5 Å². The fourth-order valence-electron chi connectivity index (χ4n) is 4.05. The molecule has 2 aliphatic rings. The summed E-state index contributed by atoms with van der Waals surface area (Å²) in [5, 5.41) is 8.75. The molecule has 4 nitrogen and oxygen atoms in total. The van der Waals surface area contributed by atoms with Gasteiger partial charge >= 0.3 is 5.97 Å². The van der Waals surface area contributed by atoms with E-state index < -0.39 is 5.97 Å². The first kappa shape index (κ1) is 15.8. The van der Waals surface area contributed by atoms with Crippen molar-refractivity contribution < 1.29 is 9.90 Å². The van der Waals surface area contributed by atoms with Crippen LogP contribution in [0.1, 0.15) is 46.5 Å². The van der Waals surface area contributed by atoms with Crippen molar-refractivity contribution in [3.63, 3.8) is 0 Å². The zero-order chi connectivity index (χ0) is 14.8. The largest absolute Gasteiger partial charge is 0.481 e. The van der Waals surface area contributed by atoms with Gasteiger partial charge in [0.1, 0.15) is 0 Å². The molecular weight excluding hydrogens is 252 g/mol. The smallest absolute Gasteiger partial charge is 0.304 e. The number of aliphatic carboxylic acids is 1. The molecule has 0 aromatic carbocycles. The summed E-state index contributed by atoms with van der Waals surface area (Å²) in [6, 6.07) is 0.740. The third-order valence-corrected chi connectivity index (χ3v) is 5.17. The minimum absolute atomic E-state index is 0.272. The minimum Gasteiger partial charge on any atom is -0.481 e. The number of carboxylic acid groups (broad SMARTS) is 1. The Morgan fingerprint density at radius 2 is 1.90 bits per heavy atom. The van der Waals surface area contributed by atoms with Crippen LogP contribution in [0.5, 0.6) is 0 Å². The molecule has 1 saturated carbocycles. The molecule has 1 N–H and O–H groups in total. The van der Waals surface area contributed by atoms with E-state index in [4.69, 9.17) is 5.11 Å². The molecule has 2 fully saturated rings. The molecule has 2 rings (SSSR count). The highest BCUT2D eigenvalue weighted by molar-refractivity contribution is 5.66. The van der Waals surface area contributed by atoms with E-state index in [0.29, 0.717) is 12.0 Å². The number of carbonyl (C=O) groups is 1. The van der Waals surface area contributed by atoms with E-state index >= 15 is 0 Å². The molecule has 0 spiro atoms. The van der Waals surface area contributed by atoms with Crippen molar-refractivity contribution in [3.05, 3.63) is 0 Å². The van der Waals surface area contributed by atoms with E-state index in [-0.39, 0.29) is 6.42 Å². The van der Waals surface area contributed by atoms with Gasteiger partial charge in [-0.2, -0.15) is 0 Å². The van der Waals surface area contributed by atoms with E-state index in [1.807, 2.05) is 0 Å². The molecule has 0 radical (unpaired) electrons. The number of rotatable bonds is 4. The van der Waals surface area contributed by atoms with Crippen LogP contribution >= 0.6 is 0 Å². The summed E-state index contributed by atoms with van der Waals surface area (Å²) in [7, 11) is 0. The van der Waals surface area contributed by atoms with Gasteiger partial charge in [0.15, 0.2) is 0 Å². The SMILES string of the molecule is CC1CC(C)(C)CCC1N1CCN(CCC(=O)O)CC1. The average molecular weight is 282 g/mol. The van der Waals surface area contributed by atoms with Crippen LogP contribution in [0.25, 0.3) is 0 Å². The second kappa shape index (κ2) is 6.44. The summed E-state index contributed by atoms with van der Waals surface area (Å²) in [6.45, 7) is 12.2. The van der Waals surface area contributed by atoms with Gasteiger partial charge < -0.3 is 10.0 Å². The first-order chi connectivity index (χ1) is 9.37. The van der Waals surface area contributed by atoms with Crippen LogP contribution in [0.4, 0.5) is 0 Å². The van der Waals surface area contributed by atoms with Crippen molar-refractivity contribution in [2.75, 3.05) is 32.7 Å². The Bertz CT molecular complexity index is 335.